The van der Waals surface area contributed by atoms with Gasteiger partial charge in [-0.2, -0.15) is 0 Å². The molecule has 0 fully saturated rings. The van der Waals surface area contributed by atoms with Crippen LogP contribution in [0, 0.1) is 6.92 Å². The first-order chi connectivity index (χ1) is 14.5. The first-order valence-electron chi connectivity index (χ1n) is 9.59. The van der Waals surface area contributed by atoms with E-state index in [1.807, 2.05) is 12.1 Å². The molecule has 3 aromatic carbocycles. The number of nitrogens with zero attached hydrogens (tertiary/aromatic N) is 4. The molecule has 0 atom stereocenters. The van der Waals surface area contributed by atoms with E-state index < -0.39 is 0 Å². The van der Waals surface area contributed by atoms with Crippen molar-refractivity contribution in [1.29, 1.82) is 0 Å². The maximum atomic E-state index is 6.07. The van der Waals surface area contributed by atoms with E-state index in [1.54, 1.807) is 12.1 Å². The minimum absolute atomic E-state index is 0.486. The number of rotatable bonds is 6. The maximum absolute atomic E-state index is 6.07. The molecule has 1 aromatic heterocycles. The second kappa shape index (κ2) is 9.13. The van der Waals surface area contributed by atoms with Crippen molar-refractivity contribution in [3.63, 3.8) is 0 Å². The van der Waals surface area contributed by atoms with E-state index in [0.717, 1.165) is 34.7 Å². The van der Waals surface area contributed by atoms with Gasteiger partial charge < -0.3 is 4.90 Å². The number of fused-ring (bicyclic) bond motifs is 1. The normalized spacial score (nSPS) is 11.5. The summed E-state index contributed by atoms with van der Waals surface area (Å²) in [7, 11) is 0. The lowest BCUT2D eigenvalue weighted by Crippen LogP contribution is -2.21. The Morgan fingerprint density at radius 2 is 1.63 bits per heavy atom. The molecule has 0 bridgehead atoms. The fourth-order valence-electron chi connectivity index (χ4n) is 3.08. The summed E-state index contributed by atoms with van der Waals surface area (Å²) < 4.78 is 0.934. The van der Waals surface area contributed by atoms with Gasteiger partial charge in [0.25, 0.3) is 0 Å². The summed E-state index contributed by atoms with van der Waals surface area (Å²) in [6.45, 7) is 6.06. The van der Waals surface area contributed by atoms with Crippen LogP contribution in [0.5, 0.6) is 0 Å². The minimum Gasteiger partial charge on any atom is -0.367 e. The van der Waals surface area contributed by atoms with Crippen LogP contribution < -0.4 is 4.90 Å². The summed E-state index contributed by atoms with van der Waals surface area (Å²) in [5, 5.41) is 10.2. The van der Waals surface area contributed by atoms with Crippen LogP contribution in [-0.2, 0) is 6.54 Å². The van der Waals surface area contributed by atoms with Crippen molar-refractivity contribution < 1.29 is 0 Å². The van der Waals surface area contributed by atoms with E-state index in [0.29, 0.717) is 15.2 Å². The van der Waals surface area contributed by atoms with Crippen LogP contribution in [0.15, 0.2) is 70.9 Å². The first kappa shape index (κ1) is 20.8. The lowest BCUT2D eigenvalue weighted by Gasteiger charge is -2.23. The predicted molar refractivity (Wildman–Crippen MR) is 128 cm³/mol. The van der Waals surface area contributed by atoms with Gasteiger partial charge in [0.1, 0.15) is 0 Å². The molecule has 0 N–H and O–H groups in total. The molecule has 1 heterocycles. The summed E-state index contributed by atoms with van der Waals surface area (Å²) in [4.78, 5) is 6.77. The molecule has 0 saturated heterocycles. The van der Waals surface area contributed by atoms with Crippen LogP contribution in [-0.4, -0.2) is 11.5 Å². The molecule has 30 heavy (non-hydrogen) atoms. The quantitative estimate of drug-likeness (QED) is 0.274. The third-order valence-corrected chi connectivity index (χ3v) is 6.39. The maximum Gasteiger partial charge on any atom is 0.231 e. The standard InChI is InChI=1S/C23H20Cl2N4S/c1-3-29(14-16-6-4-15(2)5-7-16)18-10-8-17(9-11-18)27-28-23-26-21-12-19(24)20(25)13-22(21)30-23/h4-13H,3,14H2,1-2H3. The average Bonchev–Trinajstić information content (AvgIpc) is 3.14. The highest BCUT2D eigenvalue weighted by atomic mass is 35.5. The number of aromatic nitrogens is 1. The summed E-state index contributed by atoms with van der Waals surface area (Å²) in [5.41, 5.74) is 5.27. The molecule has 152 valence electrons. The van der Waals surface area contributed by atoms with E-state index in [2.05, 4.69) is 70.4 Å². The Morgan fingerprint density at radius 3 is 2.33 bits per heavy atom. The molecule has 0 unspecified atom stereocenters. The van der Waals surface area contributed by atoms with Gasteiger partial charge in [-0.3, -0.25) is 0 Å². The number of aryl methyl sites for hydroxylation is 1. The Morgan fingerprint density at radius 1 is 0.933 bits per heavy atom. The number of halogens is 2. The summed E-state index contributed by atoms with van der Waals surface area (Å²) in [6.07, 6.45) is 0. The van der Waals surface area contributed by atoms with Crippen molar-refractivity contribution in [3.05, 3.63) is 81.8 Å². The predicted octanol–water partition coefficient (Wildman–Crippen LogP) is 8.35. The van der Waals surface area contributed by atoms with Gasteiger partial charge in [-0.15, -0.1) is 10.2 Å². The van der Waals surface area contributed by atoms with E-state index >= 15 is 0 Å². The third kappa shape index (κ3) is 4.81. The highest BCUT2D eigenvalue weighted by molar-refractivity contribution is 7.22. The Balaban J connectivity index is 1.48. The van der Waals surface area contributed by atoms with Gasteiger partial charge in [-0.25, -0.2) is 4.98 Å². The Kier molecular flexibility index (Phi) is 6.32. The second-order valence-corrected chi connectivity index (χ2v) is 8.77. The fraction of sp³-hybridized carbons (Fsp3) is 0.174. The third-order valence-electron chi connectivity index (χ3n) is 4.76. The van der Waals surface area contributed by atoms with Crippen molar-refractivity contribution in [2.24, 2.45) is 10.2 Å². The Labute approximate surface area is 189 Å². The van der Waals surface area contributed by atoms with Crippen LogP contribution in [0.4, 0.5) is 16.5 Å². The van der Waals surface area contributed by atoms with Crippen LogP contribution >= 0.6 is 34.5 Å². The molecule has 4 rings (SSSR count). The smallest absolute Gasteiger partial charge is 0.231 e. The monoisotopic (exact) mass is 454 g/mol. The molecule has 7 heteroatoms. The molecular formula is C23H20Cl2N4S. The second-order valence-electron chi connectivity index (χ2n) is 6.95. The summed E-state index contributed by atoms with van der Waals surface area (Å²) in [6, 6.07) is 20.3. The van der Waals surface area contributed by atoms with Crippen LogP contribution in [0.1, 0.15) is 18.1 Å². The molecule has 0 saturated carbocycles. The molecule has 0 aliphatic heterocycles. The van der Waals surface area contributed by atoms with E-state index in [4.69, 9.17) is 23.2 Å². The SMILES string of the molecule is CCN(Cc1ccc(C)cc1)c1ccc(N=Nc2nc3cc(Cl)c(Cl)cc3s2)cc1. The minimum atomic E-state index is 0.486. The zero-order valence-electron chi connectivity index (χ0n) is 16.6. The number of thiazole rings is 1. The topological polar surface area (TPSA) is 40.9 Å². The number of hydrogen-bond acceptors (Lipinski definition) is 5. The summed E-state index contributed by atoms with van der Waals surface area (Å²) in [5.74, 6) is 0. The molecule has 0 spiro atoms. The van der Waals surface area contributed by atoms with E-state index in [-0.39, 0.29) is 0 Å². The van der Waals surface area contributed by atoms with Gasteiger partial charge in [0.15, 0.2) is 0 Å². The largest absolute Gasteiger partial charge is 0.367 e. The lowest BCUT2D eigenvalue weighted by atomic mass is 10.1. The average molecular weight is 455 g/mol. The molecule has 4 aromatic rings. The number of hydrogen-bond donors (Lipinski definition) is 0. The highest BCUT2D eigenvalue weighted by Gasteiger charge is 2.08. The number of benzene rings is 3. The van der Waals surface area contributed by atoms with Crippen molar-refractivity contribution in [2.75, 3.05) is 11.4 Å². The molecule has 4 nitrogen and oxygen atoms in total. The van der Waals surface area contributed by atoms with Crippen LogP contribution in [0.2, 0.25) is 10.0 Å². The number of anilines is 1. The van der Waals surface area contributed by atoms with Gasteiger partial charge in [0.05, 0.1) is 25.9 Å². The van der Waals surface area contributed by atoms with Gasteiger partial charge >= 0.3 is 0 Å². The first-order valence-corrected chi connectivity index (χ1v) is 11.2. The van der Waals surface area contributed by atoms with Crippen molar-refractivity contribution in [3.8, 4) is 0 Å². The van der Waals surface area contributed by atoms with Crippen molar-refractivity contribution in [2.45, 2.75) is 20.4 Å². The highest BCUT2D eigenvalue weighted by Crippen LogP contribution is 2.34. The zero-order valence-corrected chi connectivity index (χ0v) is 19.0. The van der Waals surface area contributed by atoms with E-state index in [9.17, 15) is 0 Å². The van der Waals surface area contributed by atoms with Crippen molar-refractivity contribution >= 4 is 61.3 Å². The molecule has 0 amide bonds. The Hall–Kier alpha value is -2.47. The fourth-order valence-corrected chi connectivity index (χ4v) is 4.28. The molecule has 0 radical (unpaired) electrons. The van der Waals surface area contributed by atoms with Crippen LogP contribution in [0.3, 0.4) is 0 Å². The molecule has 0 aliphatic rings. The van der Waals surface area contributed by atoms with Crippen LogP contribution in [0.25, 0.3) is 10.2 Å². The molecule has 0 aliphatic carbocycles. The van der Waals surface area contributed by atoms with E-state index in [1.165, 1.54) is 22.5 Å². The van der Waals surface area contributed by atoms with Gasteiger partial charge in [0.2, 0.25) is 5.13 Å². The summed E-state index contributed by atoms with van der Waals surface area (Å²) >= 11 is 13.6. The van der Waals surface area contributed by atoms with Gasteiger partial charge in [-0.1, -0.05) is 64.4 Å². The Bertz CT molecular complexity index is 1150. The van der Waals surface area contributed by atoms with Crippen molar-refractivity contribution in [1.82, 2.24) is 4.98 Å². The van der Waals surface area contributed by atoms with Gasteiger partial charge in [0, 0.05) is 18.8 Å². The zero-order chi connectivity index (χ0) is 21.1. The molecular weight excluding hydrogens is 435 g/mol. The lowest BCUT2D eigenvalue weighted by molar-refractivity contribution is 0.831. The van der Waals surface area contributed by atoms with Gasteiger partial charge in [-0.05, 0) is 55.8 Å². The number of azo groups is 1.